The van der Waals surface area contributed by atoms with Gasteiger partial charge in [-0.15, -0.1) is 0 Å². The fourth-order valence-corrected chi connectivity index (χ4v) is 1.85. The first-order valence-corrected chi connectivity index (χ1v) is 8.00. The van der Waals surface area contributed by atoms with Crippen molar-refractivity contribution in [3.8, 4) is 0 Å². The Morgan fingerprint density at radius 3 is 2.17 bits per heavy atom. The van der Waals surface area contributed by atoms with Crippen molar-refractivity contribution in [1.82, 2.24) is 5.32 Å². The Labute approximate surface area is 110 Å². The maximum absolute atomic E-state index is 11.2. The molecule has 0 unspecified atom stereocenters. The summed E-state index contributed by atoms with van der Waals surface area (Å²) in [6.45, 7) is 5.59. The molecule has 0 atom stereocenters. The lowest BCUT2D eigenvalue weighted by Crippen LogP contribution is -2.27. The zero-order chi connectivity index (χ0) is 13.7. The first kappa shape index (κ1) is 17.8. The lowest BCUT2D eigenvalue weighted by Gasteiger charge is -2.07. The smallest absolute Gasteiger partial charge is 0.151 e. The van der Waals surface area contributed by atoms with Gasteiger partial charge in [0.1, 0.15) is 0 Å². The predicted octanol–water partition coefficient (Wildman–Crippen LogP) is -0.310. The standard InChI is InChI=1S/C11H25NO5S/c1-3-18(13,14)11-5-12-4-6-16-9-10-17-8-7-15-2/h12H,3-11H2,1-2H3. The summed E-state index contributed by atoms with van der Waals surface area (Å²) in [6, 6.07) is 0. The van der Waals surface area contributed by atoms with Crippen molar-refractivity contribution in [3.63, 3.8) is 0 Å². The third-order valence-corrected chi connectivity index (χ3v) is 3.96. The Bertz CT molecular complexity index is 269. The van der Waals surface area contributed by atoms with Gasteiger partial charge in [-0.1, -0.05) is 6.92 Å². The molecule has 0 aromatic carbocycles. The Morgan fingerprint density at radius 1 is 0.944 bits per heavy atom. The van der Waals surface area contributed by atoms with E-state index in [9.17, 15) is 8.42 Å². The van der Waals surface area contributed by atoms with Gasteiger partial charge in [0.25, 0.3) is 0 Å². The van der Waals surface area contributed by atoms with Crippen LogP contribution in [0.25, 0.3) is 0 Å². The average molecular weight is 283 g/mol. The largest absolute Gasteiger partial charge is 0.382 e. The number of hydrogen-bond donors (Lipinski definition) is 1. The van der Waals surface area contributed by atoms with E-state index in [1.807, 2.05) is 0 Å². The van der Waals surface area contributed by atoms with Crippen LogP contribution in [0, 0.1) is 0 Å². The molecule has 0 aromatic rings. The summed E-state index contributed by atoms with van der Waals surface area (Å²) in [5.74, 6) is 0.383. The second kappa shape index (κ2) is 11.9. The minimum Gasteiger partial charge on any atom is -0.382 e. The first-order chi connectivity index (χ1) is 8.62. The zero-order valence-electron chi connectivity index (χ0n) is 11.3. The summed E-state index contributed by atoms with van der Waals surface area (Å²) < 4.78 is 37.7. The SMILES string of the molecule is CCS(=O)(=O)CCNCCOCCOCCOC. The third-order valence-electron chi connectivity index (χ3n) is 2.26. The summed E-state index contributed by atoms with van der Waals surface area (Å²) >= 11 is 0. The molecular formula is C11H25NO5S. The topological polar surface area (TPSA) is 73.9 Å². The molecule has 0 rings (SSSR count). The number of rotatable bonds is 13. The third kappa shape index (κ3) is 12.3. The van der Waals surface area contributed by atoms with Gasteiger partial charge in [0, 0.05) is 26.0 Å². The summed E-state index contributed by atoms with van der Waals surface area (Å²) in [5, 5.41) is 3.02. The summed E-state index contributed by atoms with van der Waals surface area (Å²) in [6.07, 6.45) is 0. The van der Waals surface area contributed by atoms with E-state index in [-0.39, 0.29) is 11.5 Å². The highest BCUT2D eigenvalue weighted by atomic mass is 32.2. The van der Waals surface area contributed by atoms with Crippen molar-refractivity contribution in [2.24, 2.45) is 0 Å². The van der Waals surface area contributed by atoms with Crippen LogP contribution in [-0.4, -0.2) is 73.2 Å². The Kier molecular flexibility index (Phi) is 11.7. The van der Waals surface area contributed by atoms with E-state index in [0.29, 0.717) is 46.1 Å². The predicted molar refractivity (Wildman–Crippen MR) is 70.7 cm³/mol. The number of ether oxygens (including phenoxy) is 3. The molecule has 0 aliphatic carbocycles. The molecule has 1 N–H and O–H groups in total. The maximum atomic E-state index is 11.2. The van der Waals surface area contributed by atoms with E-state index in [0.717, 1.165) is 0 Å². The number of hydrogen-bond acceptors (Lipinski definition) is 6. The molecule has 7 heteroatoms. The molecule has 0 aliphatic heterocycles. The Hall–Kier alpha value is -0.210. The molecule has 0 aliphatic rings. The lowest BCUT2D eigenvalue weighted by molar-refractivity contribution is 0.0256. The van der Waals surface area contributed by atoms with Gasteiger partial charge in [0.05, 0.1) is 38.8 Å². The Morgan fingerprint density at radius 2 is 1.56 bits per heavy atom. The number of methoxy groups -OCH3 is 1. The van der Waals surface area contributed by atoms with E-state index in [1.54, 1.807) is 14.0 Å². The van der Waals surface area contributed by atoms with Gasteiger partial charge in [-0.3, -0.25) is 0 Å². The van der Waals surface area contributed by atoms with Gasteiger partial charge < -0.3 is 19.5 Å². The number of sulfone groups is 1. The van der Waals surface area contributed by atoms with Gasteiger partial charge in [0.2, 0.25) is 0 Å². The number of nitrogens with one attached hydrogen (secondary N) is 1. The van der Waals surface area contributed by atoms with Crippen LogP contribution in [0.5, 0.6) is 0 Å². The lowest BCUT2D eigenvalue weighted by atomic mass is 10.6. The fourth-order valence-electron chi connectivity index (χ4n) is 1.11. The fraction of sp³-hybridized carbons (Fsp3) is 1.00. The summed E-state index contributed by atoms with van der Waals surface area (Å²) in [4.78, 5) is 0. The Balaban J connectivity index is 3.12. The molecule has 18 heavy (non-hydrogen) atoms. The summed E-state index contributed by atoms with van der Waals surface area (Å²) in [7, 11) is -1.24. The van der Waals surface area contributed by atoms with Gasteiger partial charge in [-0.05, 0) is 0 Å². The van der Waals surface area contributed by atoms with Gasteiger partial charge in [-0.25, -0.2) is 8.42 Å². The molecule has 0 amide bonds. The summed E-state index contributed by atoms with van der Waals surface area (Å²) in [5.41, 5.74) is 0. The van der Waals surface area contributed by atoms with E-state index in [4.69, 9.17) is 14.2 Å². The van der Waals surface area contributed by atoms with Crippen LogP contribution in [0.4, 0.5) is 0 Å². The molecule has 0 heterocycles. The van der Waals surface area contributed by atoms with Crippen molar-refractivity contribution >= 4 is 9.84 Å². The first-order valence-electron chi connectivity index (χ1n) is 6.18. The van der Waals surface area contributed by atoms with E-state index < -0.39 is 9.84 Å². The van der Waals surface area contributed by atoms with Crippen LogP contribution >= 0.6 is 0 Å². The molecular weight excluding hydrogens is 258 g/mol. The van der Waals surface area contributed by atoms with Crippen molar-refractivity contribution in [3.05, 3.63) is 0 Å². The van der Waals surface area contributed by atoms with Crippen LogP contribution < -0.4 is 5.32 Å². The van der Waals surface area contributed by atoms with Crippen LogP contribution in [0.15, 0.2) is 0 Å². The molecule has 0 aromatic heterocycles. The molecule has 6 nitrogen and oxygen atoms in total. The highest BCUT2D eigenvalue weighted by Gasteiger charge is 2.05. The van der Waals surface area contributed by atoms with E-state index >= 15 is 0 Å². The van der Waals surface area contributed by atoms with Gasteiger partial charge in [-0.2, -0.15) is 0 Å². The molecule has 0 fully saturated rings. The van der Waals surface area contributed by atoms with E-state index in [1.165, 1.54) is 0 Å². The van der Waals surface area contributed by atoms with E-state index in [2.05, 4.69) is 5.32 Å². The molecule has 0 radical (unpaired) electrons. The van der Waals surface area contributed by atoms with Crippen molar-refractivity contribution in [2.75, 3.05) is 64.7 Å². The maximum Gasteiger partial charge on any atom is 0.151 e. The highest BCUT2D eigenvalue weighted by molar-refractivity contribution is 7.91. The van der Waals surface area contributed by atoms with Crippen molar-refractivity contribution in [2.45, 2.75) is 6.92 Å². The zero-order valence-corrected chi connectivity index (χ0v) is 12.1. The molecule has 0 bridgehead atoms. The monoisotopic (exact) mass is 283 g/mol. The highest BCUT2D eigenvalue weighted by Crippen LogP contribution is 1.86. The average Bonchev–Trinajstić information content (AvgIpc) is 2.36. The van der Waals surface area contributed by atoms with Crippen molar-refractivity contribution < 1.29 is 22.6 Å². The second-order valence-corrected chi connectivity index (χ2v) is 6.18. The van der Waals surface area contributed by atoms with Crippen molar-refractivity contribution in [1.29, 1.82) is 0 Å². The van der Waals surface area contributed by atoms with Gasteiger partial charge in [0.15, 0.2) is 9.84 Å². The minimum absolute atomic E-state index is 0.184. The van der Waals surface area contributed by atoms with Crippen LogP contribution in [0.2, 0.25) is 0 Å². The second-order valence-electron chi connectivity index (χ2n) is 3.70. The molecule has 110 valence electrons. The van der Waals surface area contributed by atoms with Crippen LogP contribution in [0.1, 0.15) is 6.92 Å². The molecule has 0 saturated heterocycles. The minimum atomic E-state index is -2.86. The molecule has 0 spiro atoms. The van der Waals surface area contributed by atoms with Crippen LogP contribution in [-0.2, 0) is 24.0 Å². The molecule has 0 saturated carbocycles. The van der Waals surface area contributed by atoms with Gasteiger partial charge >= 0.3 is 0 Å². The van der Waals surface area contributed by atoms with Crippen LogP contribution in [0.3, 0.4) is 0 Å². The normalized spacial score (nSPS) is 11.9. The quantitative estimate of drug-likeness (QED) is 0.467.